The molecule has 3 aromatic rings. The number of oxazole rings is 1. The summed E-state index contributed by atoms with van der Waals surface area (Å²) in [5.74, 6) is -0.0162. The Labute approximate surface area is 174 Å². The molecule has 2 aromatic carbocycles. The van der Waals surface area contributed by atoms with Gasteiger partial charge in [0, 0.05) is 23.8 Å². The molecule has 2 heterocycles. The molecule has 0 radical (unpaired) electrons. The highest BCUT2D eigenvalue weighted by Crippen LogP contribution is 2.39. The number of fused-ring (bicyclic) bond motifs is 1. The Morgan fingerprint density at radius 3 is 2.67 bits per heavy atom. The molecule has 1 aliphatic heterocycles. The van der Waals surface area contributed by atoms with Crippen molar-refractivity contribution in [2.45, 2.75) is 38.8 Å². The van der Waals surface area contributed by atoms with Crippen molar-refractivity contribution in [1.82, 2.24) is 4.98 Å². The Bertz CT molecular complexity index is 1030. The number of ether oxygens (including phenoxy) is 1. The maximum absolute atomic E-state index is 12.5. The Balaban J connectivity index is 1.50. The van der Waals surface area contributed by atoms with Crippen molar-refractivity contribution in [2.75, 3.05) is 10.2 Å². The number of carbonyl (C=O) groups is 2. The number of anilines is 2. The minimum absolute atomic E-state index is 0.0700. The summed E-state index contributed by atoms with van der Waals surface area (Å²) in [6.45, 7) is 3.96. The zero-order valence-corrected chi connectivity index (χ0v) is 16.9. The van der Waals surface area contributed by atoms with E-state index in [1.807, 2.05) is 42.2 Å². The van der Waals surface area contributed by atoms with E-state index in [1.165, 1.54) is 12.7 Å². The minimum atomic E-state index is -0.569. The van der Waals surface area contributed by atoms with Crippen LogP contribution in [-0.4, -0.2) is 22.9 Å². The lowest BCUT2D eigenvalue weighted by Gasteiger charge is -2.40. The van der Waals surface area contributed by atoms with Crippen molar-refractivity contribution in [2.24, 2.45) is 0 Å². The van der Waals surface area contributed by atoms with Gasteiger partial charge in [-0.2, -0.15) is 0 Å². The van der Waals surface area contributed by atoms with Gasteiger partial charge in [-0.15, -0.1) is 0 Å². The van der Waals surface area contributed by atoms with Crippen molar-refractivity contribution < 1.29 is 18.7 Å². The smallest absolute Gasteiger partial charge is 0.365 e. The van der Waals surface area contributed by atoms with E-state index in [0.717, 1.165) is 23.4 Å². The molecule has 0 spiro atoms. The average molecular weight is 405 g/mol. The molecule has 30 heavy (non-hydrogen) atoms. The lowest BCUT2D eigenvalue weighted by molar-refractivity contribution is -0.118. The van der Waals surface area contributed by atoms with Crippen molar-refractivity contribution in [3.63, 3.8) is 0 Å². The van der Waals surface area contributed by atoms with Crippen molar-refractivity contribution in [3.8, 4) is 5.75 Å². The zero-order valence-electron chi connectivity index (χ0n) is 16.9. The average Bonchev–Trinajstić information content (AvgIpc) is 3.30. The molecule has 1 N–H and O–H groups in total. The van der Waals surface area contributed by atoms with Crippen LogP contribution < -0.4 is 15.0 Å². The van der Waals surface area contributed by atoms with Crippen LogP contribution in [-0.2, 0) is 4.79 Å². The van der Waals surface area contributed by atoms with Crippen LogP contribution >= 0.6 is 0 Å². The van der Waals surface area contributed by atoms with Crippen molar-refractivity contribution in [3.05, 3.63) is 72.4 Å². The summed E-state index contributed by atoms with van der Waals surface area (Å²) in [4.78, 5) is 30.1. The number of rotatable bonds is 5. The number of carbonyl (C=O) groups excluding carboxylic acids is 2. The number of benzene rings is 2. The second kappa shape index (κ2) is 8.41. The molecular weight excluding hydrogens is 382 g/mol. The molecule has 2 atom stereocenters. The second-order valence-electron chi connectivity index (χ2n) is 7.25. The molecule has 0 fully saturated rings. The first-order valence-corrected chi connectivity index (χ1v) is 9.94. The van der Waals surface area contributed by atoms with E-state index in [1.54, 1.807) is 12.1 Å². The molecule has 0 saturated carbocycles. The lowest BCUT2D eigenvalue weighted by atomic mass is 9.91. The molecule has 0 aliphatic carbocycles. The monoisotopic (exact) mass is 405 g/mol. The van der Waals surface area contributed by atoms with Crippen LogP contribution in [0.25, 0.3) is 0 Å². The first-order chi connectivity index (χ1) is 14.6. The van der Waals surface area contributed by atoms with Gasteiger partial charge in [-0.1, -0.05) is 25.1 Å². The lowest BCUT2D eigenvalue weighted by Crippen LogP contribution is -2.44. The van der Waals surface area contributed by atoms with E-state index < -0.39 is 5.97 Å². The van der Waals surface area contributed by atoms with Crippen LogP contribution in [0, 0.1) is 0 Å². The van der Waals surface area contributed by atoms with Gasteiger partial charge in [0.1, 0.15) is 12.0 Å². The number of nitrogens with zero attached hydrogens (tertiary/aromatic N) is 2. The number of amides is 1. The minimum Gasteiger partial charge on any atom is -0.451 e. The Morgan fingerprint density at radius 1 is 1.20 bits per heavy atom. The highest BCUT2D eigenvalue weighted by Gasteiger charge is 2.32. The van der Waals surface area contributed by atoms with Crippen LogP contribution in [0.5, 0.6) is 5.75 Å². The summed E-state index contributed by atoms with van der Waals surface area (Å²) in [6, 6.07) is 15.4. The predicted octanol–water partition coefficient (Wildman–Crippen LogP) is 4.58. The topological polar surface area (TPSA) is 84.7 Å². The molecule has 0 bridgehead atoms. The maximum Gasteiger partial charge on any atom is 0.365 e. The molecule has 154 valence electrons. The fraction of sp³-hybridized carbons (Fsp3) is 0.261. The highest BCUT2D eigenvalue weighted by atomic mass is 16.5. The molecule has 4 rings (SSSR count). The van der Waals surface area contributed by atoms with Crippen LogP contribution in [0.3, 0.4) is 0 Å². The second-order valence-corrected chi connectivity index (χ2v) is 7.25. The summed E-state index contributed by atoms with van der Waals surface area (Å²) >= 11 is 0. The number of aromatic nitrogens is 1. The van der Waals surface area contributed by atoms with Gasteiger partial charge >= 0.3 is 5.97 Å². The molecule has 7 heteroatoms. The SMILES string of the molecule is CCC(=O)N1c2ccccc2[C@H](Nc2ccc(OC(=O)c3cocn3)cc2)C[C@@H]1C. The van der Waals surface area contributed by atoms with Gasteiger partial charge in [0.25, 0.3) is 0 Å². The molecule has 1 amide bonds. The van der Waals surface area contributed by atoms with E-state index in [9.17, 15) is 9.59 Å². The van der Waals surface area contributed by atoms with Crippen molar-refractivity contribution >= 4 is 23.3 Å². The Kier molecular flexibility index (Phi) is 5.52. The normalized spacial score (nSPS) is 17.9. The van der Waals surface area contributed by atoms with Crippen LogP contribution in [0.2, 0.25) is 0 Å². The summed E-state index contributed by atoms with van der Waals surface area (Å²) in [6.07, 6.45) is 3.70. The number of hydrogen-bond acceptors (Lipinski definition) is 6. The van der Waals surface area contributed by atoms with Gasteiger partial charge < -0.3 is 19.4 Å². The fourth-order valence-corrected chi connectivity index (χ4v) is 3.79. The molecule has 0 saturated heterocycles. The summed E-state index contributed by atoms with van der Waals surface area (Å²) in [7, 11) is 0. The van der Waals surface area contributed by atoms with Gasteiger partial charge in [0.15, 0.2) is 12.1 Å². The van der Waals surface area contributed by atoms with Gasteiger partial charge in [-0.05, 0) is 49.2 Å². The number of esters is 1. The Morgan fingerprint density at radius 2 is 1.97 bits per heavy atom. The Hall–Kier alpha value is -3.61. The van der Waals surface area contributed by atoms with Crippen LogP contribution in [0.15, 0.2) is 65.6 Å². The molecule has 0 unspecified atom stereocenters. The first-order valence-electron chi connectivity index (χ1n) is 9.94. The van der Waals surface area contributed by atoms with E-state index in [2.05, 4.69) is 23.3 Å². The van der Waals surface area contributed by atoms with Crippen molar-refractivity contribution in [1.29, 1.82) is 0 Å². The number of para-hydroxylation sites is 1. The van der Waals surface area contributed by atoms with Gasteiger partial charge in [-0.3, -0.25) is 4.79 Å². The third-order valence-electron chi connectivity index (χ3n) is 5.21. The standard InChI is InChI=1S/C23H23N3O4/c1-3-22(27)26-15(2)12-19(18-6-4-5-7-21(18)26)25-16-8-10-17(11-9-16)30-23(28)20-13-29-14-24-20/h4-11,13-15,19,25H,3,12H2,1-2H3/t15-,19+/m0/s1. The third kappa shape index (κ3) is 3.91. The van der Waals surface area contributed by atoms with E-state index in [4.69, 9.17) is 9.15 Å². The molecule has 7 nitrogen and oxygen atoms in total. The largest absolute Gasteiger partial charge is 0.451 e. The summed E-state index contributed by atoms with van der Waals surface area (Å²) in [5.41, 5.74) is 3.08. The van der Waals surface area contributed by atoms with Gasteiger partial charge in [0.2, 0.25) is 5.91 Å². The molecular formula is C23H23N3O4. The maximum atomic E-state index is 12.5. The number of nitrogens with one attached hydrogen (secondary N) is 1. The van der Waals surface area contributed by atoms with Gasteiger partial charge in [0.05, 0.1) is 6.04 Å². The van der Waals surface area contributed by atoms with Crippen LogP contribution in [0.1, 0.15) is 48.8 Å². The van der Waals surface area contributed by atoms with Gasteiger partial charge in [-0.25, -0.2) is 9.78 Å². The summed E-state index contributed by atoms with van der Waals surface area (Å²) < 4.78 is 10.1. The van der Waals surface area contributed by atoms with Crippen LogP contribution in [0.4, 0.5) is 11.4 Å². The highest BCUT2D eigenvalue weighted by molar-refractivity contribution is 5.95. The number of hydrogen-bond donors (Lipinski definition) is 1. The fourth-order valence-electron chi connectivity index (χ4n) is 3.79. The van der Waals surface area contributed by atoms with E-state index in [0.29, 0.717) is 12.2 Å². The van der Waals surface area contributed by atoms with E-state index >= 15 is 0 Å². The third-order valence-corrected chi connectivity index (χ3v) is 5.21. The first kappa shape index (κ1) is 19.7. The predicted molar refractivity (Wildman–Crippen MR) is 113 cm³/mol. The summed E-state index contributed by atoms with van der Waals surface area (Å²) in [5, 5.41) is 3.55. The zero-order chi connectivity index (χ0) is 21.1. The van der Waals surface area contributed by atoms with E-state index in [-0.39, 0.29) is 23.7 Å². The quantitative estimate of drug-likeness (QED) is 0.494. The molecule has 1 aliphatic rings. The molecule has 1 aromatic heterocycles.